The molecular weight excluding hydrogens is 307 g/mol. The minimum Gasteiger partial charge on any atom is -0.369 e. The second-order valence-corrected chi connectivity index (χ2v) is 6.49. The lowest BCUT2D eigenvalue weighted by Crippen LogP contribution is -2.39. The van der Waals surface area contributed by atoms with Crippen LogP contribution >= 0.6 is 11.6 Å². The number of amides is 1. The Morgan fingerprint density at radius 2 is 2.10 bits per heavy atom. The van der Waals surface area contributed by atoms with Crippen LogP contribution in [0, 0.1) is 5.82 Å². The molecule has 1 aromatic rings. The third-order valence-corrected chi connectivity index (χ3v) is 4.96. The number of unbranched alkanes of at least 4 members (excludes halogenated alkanes) is 1. The molecule has 5 nitrogen and oxygen atoms in total. The topological polar surface area (TPSA) is 80.5 Å². The molecule has 0 bridgehead atoms. The highest BCUT2D eigenvalue weighted by atomic mass is 35.5. The summed E-state index contributed by atoms with van der Waals surface area (Å²) in [6, 6.07) is 3.59. The molecule has 0 spiro atoms. The number of hydrogen-bond donors (Lipinski definition) is 1. The van der Waals surface area contributed by atoms with Crippen LogP contribution in [0.5, 0.6) is 0 Å². The summed E-state index contributed by atoms with van der Waals surface area (Å²) in [7, 11) is -4.20. The summed E-state index contributed by atoms with van der Waals surface area (Å²) in [6.45, 7) is 1.44. The molecule has 0 atom stereocenters. The average molecular weight is 323 g/mol. The van der Waals surface area contributed by atoms with Crippen LogP contribution in [-0.4, -0.2) is 31.7 Å². The number of sulfonamides is 1. The molecular formula is C12H16ClFN2O3S. The summed E-state index contributed by atoms with van der Waals surface area (Å²) < 4.78 is 39.4. The third kappa shape index (κ3) is 3.91. The maximum absolute atomic E-state index is 13.8. The van der Waals surface area contributed by atoms with E-state index >= 15 is 0 Å². The molecule has 0 radical (unpaired) electrons. The zero-order valence-corrected chi connectivity index (χ0v) is 12.5. The maximum Gasteiger partial charge on any atom is 0.247 e. The highest BCUT2D eigenvalue weighted by molar-refractivity contribution is 7.89. The van der Waals surface area contributed by atoms with E-state index in [4.69, 9.17) is 17.3 Å². The lowest BCUT2D eigenvalue weighted by Gasteiger charge is -2.21. The van der Waals surface area contributed by atoms with E-state index < -0.39 is 33.2 Å². The first-order valence-corrected chi connectivity index (χ1v) is 7.85. The van der Waals surface area contributed by atoms with Crippen LogP contribution in [0.25, 0.3) is 0 Å². The van der Waals surface area contributed by atoms with Crippen LogP contribution in [0.4, 0.5) is 4.39 Å². The van der Waals surface area contributed by atoms with Gasteiger partial charge in [-0.05, 0) is 18.6 Å². The van der Waals surface area contributed by atoms with Gasteiger partial charge in [0.25, 0.3) is 0 Å². The molecule has 1 aromatic carbocycles. The van der Waals surface area contributed by atoms with Crippen LogP contribution in [0.3, 0.4) is 0 Å². The Bertz CT molecular complexity index is 572. The van der Waals surface area contributed by atoms with Crippen molar-refractivity contribution in [1.82, 2.24) is 4.31 Å². The number of primary amides is 1. The highest BCUT2D eigenvalue weighted by Crippen LogP contribution is 2.27. The molecule has 0 aliphatic carbocycles. The van der Waals surface area contributed by atoms with Crippen molar-refractivity contribution in [3.8, 4) is 0 Å². The van der Waals surface area contributed by atoms with E-state index in [1.165, 1.54) is 12.1 Å². The van der Waals surface area contributed by atoms with Gasteiger partial charge < -0.3 is 5.73 Å². The van der Waals surface area contributed by atoms with Gasteiger partial charge in [-0.1, -0.05) is 31.0 Å². The lowest BCUT2D eigenvalue weighted by atomic mass is 10.3. The van der Waals surface area contributed by atoms with E-state index in [9.17, 15) is 17.6 Å². The fraction of sp³-hybridized carbons (Fsp3) is 0.417. The smallest absolute Gasteiger partial charge is 0.247 e. The monoisotopic (exact) mass is 322 g/mol. The third-order valence-electron chi connectivity index (χ3n) is 2.61. The van der Waals surface area contributed by atoms with Crippen molar-refractivity contribution in [2.45, 2.75) is 24.7 Å². The molecule has 0 aliphatic rings. The Kier molecular flexibility index (Phi) is 5.91. The summed E-state index contributed by atoms with van der Waals surface area (Å²) in [5.74, 6) is -1.76. The Labute approximate surface area is 122 Å². The van der Waals surface area contributed by atoms with E-state index in [1.807, 2.05) is 6.92 Å². The van der Waals surface area contributed by atoms with Crippen molar-refractivity contribution in [3.05, 3.63) is 29.0 Å². The minimum atomic E-state index is -4.20. The van der Waals surface area contributed by atoms with Gasteiger partial charge in [0.05, 0.1) is 11.6 Å². The van der Waals surface area contributed by atoms with Gasteiger partial charge in [0.1, 0.15) is 10.7 Å². The molecule has 0 saturated carbocycles. The van der Waals surface area contributed by atoms with Crippen LogP contribution in [-0.2, 0) is 14.8 Å². The molecule has 112 valence electrons. The summed E-state index contributed by atoms with van der Waals surface area (Å²) in [4.78, 5) is 10.4. The standard InChI is InChI=1S/C12H16ClFN2O3S/c1-2-3-7-16(8-11(15)17)20(18,19)12-9(13)5-4-6-10(12)14/h4-6H,2-3,7-8H2,1H3,(H2,15,17). The molecule has 0 saturated heterocycles. The highest BCUT2D eigenvalue weighted by Gasteiger charge is 2.30. The normalized spacial score (nSPS) is 11.8. The lowest BCUT2D eigenvalue weighted by molar-refractivity contribution is -0.118. The van der Waals surface area contributed by atoms with E-state index in [0.717, 1.165) is 16.8 Å². The number of halogens is 2. The Morgan fingerprint density at radius 1 is 1.45 bits per heavy atom. The summed E-state index contributed by atoms with van der Waals surface area (Å²) in [5.41, 5.74) is 5.04. The summed E-state index contributed by atoms with van der Waals surface area (Å²) >= 11 is 5.77. The molecule has 0 heterocycles. The Hall–Kier alpha value is -1.18. The van der Waals surface area contributed by atoms with Gasteiger partial charge in [-0.2, -0.15) is 4.31 Å². The van der Waals surface area contributed by atoms with Crippen molar-refractivity contribution in [2.24, 2.45) is 5.73 Å². The second-order valence-electron chi connectivity index (χ2n) is 4.21. The maximum atomic E-state index is 13.8. The van der Waals surface area contributed by atoms with Crippen molar-refractivity contribution in [1.29, 1.82) is 0 Å². The zero-order valence-electron chi connectivity index (χ0n) is 11.0. The SMILES string of the molecule is CCCCN(CC(N)=O)S(=O)(=O)c1c(F)cccc1Cl. The largest absolute Gasteiger partial charge is 0.369 e. The number of nitrogens with zero attached hydrogens (tertiary/aromatic N) is 1. The predicted molar refractivity (Wildman–Crippen MR) is 74.3 cm³/mol. The van der Waals surface area contributed by atoms with Crippen LogP contribution in [0.2, 0.25) is 5.02 Å². The van der Waals surface area contributed by atoms with Crippen LogP contribution in [0.15, 0.2) is 23.1 Å². The fourth-order valence-electron chi connectivity index (χ4n) is 1.65. The second kappa shape index (κ2) is 7.01. The molecule has 0 unspecified atom stereocenters. The van der Waals surface area contributed by atoms with Gasteiger partial charge in [0.15, 0.2) is 0 Å². The van der Waals surface area contributed by atoms with Crippen LogP contribution in [0.1, 0.15) is 19.8 Å². The Balaban J connectivity index is 3.25. The molecule has 0 aliphatic heterocycles. The number of rotatable bonds is 7. The van der Waals surface area contributed by atoms with Crippen molar-refractivity contribution in [3.63, 3.8) is 0 Å². The van der Waals surface area contributed by atoms with Gasteiger partial charge in [0.2, 0.25) is 15.9 Å². The number of benzene rings is 1. The van der Waals surface area contributed by atoms with E-state index in [0.29, 0.717) is 6.42 Å². The van der Waals surface area contributed by atoms with Crippen molar-refractivity contribution < 1.29 is 17.6 Å². The van der Waals surface area contributed by atoms with Gasteiger partial charge in [-0.15, -0.1) is 0 Å². The zero-order chi connectivity index (χ0) is 15.3. The van der Waals surface area contributed by atoms with Crippen LogP contribution < -0.4 is 5.73 Å². The molecule has 20 heavy (non-hydrogen) atoms. The molecule has 1 rings (SSSR count). The number of nitrogens with two attached hydrogens (primary N) is 1. The fourth-order valence-corrected chi connectivity index (χ4v) is 3.66. The number of carbonyl (C=O) groups is 1. The number of hydrogen-bond acceptors (Lipinski definition) is 3. The first-order valence-electron chi connectivity index (χ1n) is 6.03. The molecule has 8 heteroatoms. The first-order chi connectivity index (χ1) is 9.30. The van der Waals surface area contributed by atoms with Crippen molar-refractivity contribution in [2.75, 3.05) is 13.1 Å². The molecule has 0 aromatic heterocycles. The summed E-state index contributed by atoms with van der Waals surface area (Å²) in [5, 5.41) is -0.226. The Morgan fingerprint density at radius 3 is 2.60 bits per heavy atom. The molecule has 0 fully saturated rings. The van der Waals surface area contributed by atoms with Crippen molar-refractivity contribution >= 4 is 27.5 Å². The van der Waals surface area contributed by atoms with E-state index in [1.54, 1.807) is 0 Å². The average Bonchev–Trinajstić information content (AvgIpc) is 2.33. The predicted octanol–water partition coefficient (Wildman–Crippen LogP) is 1.76. The first kappa shape index (κ1) is 16.9. The minimum absolute atomic E-state index is 0.0758. The van der Waals surface area contributed by atoms with Gasteiger partial charge >= 0.3 is 0 Å². The number of carbonyl (C=O) groups excluding carboxylic acids is 1. The summed E-state index contributed by atoms with van der Waals surface area (Å²) in [6.07, 6.45) is 1.24. The van der Waals surface area contributed by atoms with E-state index in [-0.39, 0.29) is 11.6 Å². The van der Waals surface area contributed by atoms with Gasteiger partial charge in [0, 0.05) is 6.54 Å². The quantitative estimate of drug-likeness (QED) is 0.830. The molecule has 2 N–H and O–H groups in total. The molecule has 1 amide bonds. The van der Waals surface area contributed by atoms with Gasteiger partial charge in [-0.3, -0.25) is 4.79 Å². The van der Waals surface area contributed by atoms with Gasteiger partial charge in [-0.25, -0.2) is 12.8 Å². The van der Waals surface area contributed by atoms with E-state index in [2.05, 4.69) is 0 Å².